The summed E-state index contributed by atoms with van der Waals surface area (Å²) in [6.07, 6.45) is 11.8. The van der Waals surface area contributed by atoms with Crippen molar-refractivity contribution in [1.82, 2.24) is 9.55 Å². The first kappa shape index (κ1) is 13.2. The SMILES string of the molecule is Cc1nc2c(n1CC(N)C1CCCCC1)CCCC2. The van der Waals surface area contributed by atoms with Gasteiger partial charge in [-0.15, -0.1) is 0 Å². The fourth-order valence-corrected chi connectivity index (χ4v) is 3.90. The lowest BCUT2D eigenvalue weighted by molar-refractivity contribution is 0.282. The summed E-state index contributed by atoms with van der Waals surface area (Å²) in [6.45, 7) is 3.13. The molecule has 0 radical (unpaired) electrons. The molecule has 2 aliphatic rings. The van der Waals surface area contributed by atoms with Crippen LogP contribution < -0.4 is 5.73 Å². The molecule has 0 aliphatic heterocycles. The van der Waals surface area contributed by atoms with Gasteiger partial charge in [-0.1, -0.05) is 19.3 Å². The Hall–Kier alpha value is -0.830. The van der Waals surface area contributed by atoms with E-state index >= 15 is 0 Å². The number of nitrogens with zero attached hydrogens (tertiary/aromatic N) is 2. The summed E-state index contributed by atoms with van der Waals surface area (Å²) >= 11 is 0. The van der Waals surface area contributed by atoms with Crippen molar-refractivity contribution in [2.24, 2.45) is 11.7 Å². The van der Waals surface area contributed by atoms with Gasteiger partial charge in [0, 0.05) is 18.3 Å². The number of rotatable bonds is 3. The molecule has 1 saturated carbocycles. The van der Waals surface area contributed by atoms with Gasteiger partial charge >= 0.3 is 0 Å². The molecular weight excluding hydrogens is 234 g/mol. The molecule has 1 fully saturated rings. The Morgan fingerprint density at radius 1 is 1.16 bits per heavy atom. The van der Waals surface area contributed by atoms with E-state index in [1.54, 1.807) is 0 Å². The number of hydrogen-bond donors (Lipinski definition) is 1. The van der Waals surface area contributed by atoms with Gasteiger partial charge in [-0.2, -0.15) is 0 Å². The van der Waals surface area contributed by atoms with Gasteiger partial charge in [-0.25, -0.2) is 4.98 Å². The van der Waals surface area contributed by atoms with E-state index in [4.69, 9.17) is 10.7 Å². The van der Waals surface area contributed by atoms with Crippen LogP contribution in [0.3, 0.4) is 0 Å². The highest BCUT2D eigenvalue weighted by Crippen LogP contribution is 2.28. The van der Waals surface area contributed by atoms with Crippen LogP contribution >= 0.6 is 0 Å². The standard InChI is InChI=1S/C16H27N3/c1-12-18-15-9-5-6-10-16(15)19(12)11-14(17)13-7-3-2-4-8-13/h13-14H,2-11,17H2,1H3. The van der Waals surface area contributed by atoms with Gasteiger partial charge in [0.25, 0.3) is 0 Å². The third-order valence-electron chi connectivity index (χ3n) is 5.07. The van der Waals surface area contributed by atoms with Crippen LogP contribution in [-0.2, 0) is 19.4 Å². The van der Waals surface area contributed by atoms with Crippen molar-refractivity contribution < 1.29 is 0 Å². The van der Waals surface area contributed by atoms with E-state index < -0.39 is 0 Å². The molecule has 1 atom stereocenters. The normalized spacial score (nSPS) is 22.2. The minimum Gasteiger partial charge on any atom is -0.330 e. The summed E-state index contributed by atoms with van der Waals surface area (Å²) in [5.41, 5.74) is 9.32. The molecule has 106 valence electrons. The first-order chi connectivity index (χ1) is 9.25. The van der Waals surface area contributed by atoms with Crippen molar-refractivity contribution in [3.8, 4) is 0 Å². The van der Waals surface area contributed by atoms with Crippen LogP contribution in [-0.4, -0.2) is 15.6 Å². The molecule has 2 aliphatic carbocycles. The molecule has 3 heteroatoms. The molecule has 0 aromatic carbocycles. The molecule has 3 nitrogen and oxygen atoms in total. The smallest absolute Gasteiger partial charge is 0.106 e. The van der Waals surface area contributed by atoms with Gasteiger partial charge in [-0.3, -0.25) is 0 Å². The van der Waals surface area contributed by atoms with Crippen LogP contribution in [0.1, 0.15) is 62.2 Å². The van der Waals surface area contributed by atoms with Gasteiger partial charge < -0.3 is 10.3 Å². The van der Waals surface area contributed by atoms with Crippen molar-refractivity contribution in [3.05, 3.63) is 17.2 Å². The Morgan fingerprint density at radius 2 is 1.89 bits per heavy atom. The largest absolute Gasteiger partial charge is 0.330 e. The van der Waals surface area contributed by atoms with Crippen LogP contribution in [0.15, 0.2) is 0 Å². The van der Waals surface area contributed by atoms with Gasteiger partial charge in [0.1, 0.15) is 5.82 Å². The molecule has 19 heavy (non-hydrogen) atoms. The predicted molar refractivity (Wildman–Crippen MR) is 78.2 cm³/mol. The second-order valence-electron chi connectivity index (χ2n) is 6.43. The summed E-state index contributed by atoms with van der Waals surface area (Å²) in [6, 6.07) is 0.319. The highest BCUT2D eigenvalue weighted by Gasteiger charge is 2.24. The molecule has 1 aromatic rings. The zero-order chi connectivity index (χ0) is 13.2. The van der Waals surface area contributed by atoms with Crippen LogP contribution in [0.5, 0.6) is 0 Å². The average molecular weight is 261 g/mol. The Labute approximate surface area is 116 Å². The highest BCUT2D eigenvalue weighted by molar-refractivity contribution is 5.20. The Balaban J connectivity index is 1.73. The first-order valence-electron chi connectivity index (χ1n) is 8.06. The molecule has 0 amide bonds. The van der Waals surface area contributed by atoms with E-state index in [9.17, 15) is 0 Å². The fraction of sp³-hybridized carbons (Fsp3) is 0.812. The van der Waals surface area contributed by atoms with E-state index in [0.29, 0.717) is 6.04 Å². The van der Waals surface area contributed by atoms with Crippen LogP contribution in [0.4, 0.5) is 0 Å². The van der Waals surface area contributed by atoms with Crippen molar-refractivity contribution in [2.45, 2.75) is 77.3 Å². The van der Waals surface area contributed by atoms with Crippen molar-refractivity contribution in [3.63, 3.8) is 0 Å². The van der Waals surface area contributed by atoms with Crippen LogP contribution in [0, 0.1) is 12.8 Å². The lowest BCUT2D eigenvalue weighted by Crippen LogP contribution is -2.36. The van der Waals surface area contributed by atoms with E-state index in [-0.39, 0.29) is 0 Å². The maximum absolute atomic E-state index is 6.49. The van der Waals surface area contributed by atoms with Gasteiger partial charge in [0.15, 0.2) is 0 Å². The number of hydrogen-bond acceptors (Lipinski definition) is 2. The number of nitrogens with two attached hydrogens (primary N) is 1. The van der Waals surface area contributed by atoms with E-state index in [0.717, 1.165) is 12.5 Å². The maximum atomic E-state index is 6.49. The third kappa shape index (κ3) is 2.71. The summed E-state index contributed by atoms with van der Waals surface area (Å²) in [5, 5.41) is 0. The van der Waals surface area contributed by atoms with E-state index in [1.165, 1.54) is 75.0 Å². The van der Waals surface area contributed by atoms with Crippen LogP contribution in [0.25, 0.3) is 0 Å². The van der Waals surface area contributed by atoms with Gasteiger partial charge in [-0.05, 0) is 51.4 Å². The van der Waals surface area contributed by atoms with Crippen LogP contribution in [0.2, 0.25) is 0 Å². The molecule has 0 saturated heterocycles. The molecule has 2 N–H and O–H groups in total. The second-order valence-corrected chi connectivity index (χ2v) is 6.43. The molecular formula is C16H27N3. The average Bonchev–Trinajstić information content (AvgIpc) is 2.76. The Morgan fingerprint density at radius 3 is 2.68 bits per heavy atom. The fourth-order valence-electron chi connectivity index (χ4n) is 3.90. The van der Waals surface area contributed by atoms with Crippen molar-refractivity contribution >= 4 is 0 Å². The van der Waals surface area contributed by atoms with Crippen molar-refractivity contribution in [1.29, 1.82) is 0 Å². The molecule has 1 aromatic heterocycles. The van der Waals surface area contributed by atoms with E-state index in [2.05, 4.69) is 11.5 Å². The maximum Gasteiger partial charge on any atom is 0.106 e. The molecule has 1 unspecified atom stereocenters. The molecule has 3 rings (SSSR count). The number of imidazole rings is 1. The van der Waals surface area contributed by atoms with E-state index in [1.807, 2.05) is 0 Å². The second kappa shape index (κ2) is 5.66. The number of fused-ring (bicyclic) bond motifs is 1. The summed E-state index contributed by atoms with van der Waals surface area (Å²) in [4.78, 5) is 4.76. The predicted octanol–water partition coefficient (Wildman–Crippen LogP) is 2.98. The molecule has 1 heterocycles. The minimum atomic E-state index is 0.319. The Kier molecular flexibility index (Phi) is 3.92. The lowest BCUT2D eigenvalue weighted by atomic mass is 9.84. The molecule has 0 bridgehead atoms. The third-order valence-corrected chi connectivity index (χ3v) is 5.07. The monoisotopic (exact) mass is 261 g/mol. The molecule has 0 spiro atoms. The zero-order valence-corrected chi connectivity index (χ0v) is 12.2. The summed E-state index contributed by atoms with van der Waals surface area (Å²) < 4.78 is 2.42. The number of aryl methyl sites for hydroxylation is 2. The quantitative estimate of drug-likeness (QED) is 0.909. The topological polar surface area (TPSA) is 43.8 Å². The number of aromatic nitrogens is 2. The lowest BCUT2D eigenvalue weighted by Gasteiger charge is -2.28. The zero-order valence-electron chi connectivity index (χ0n) is 12.2. The minimum absolute atomic E-state index is 0.319. The Bertz CT molecular complexity index is 429. The van der Waals surface area contributed by atoms with Gasteiger partial charge in [0.05, 0.1) is 5.69 Å². The summed E-state index contributed by atoms with van der Waals surface area (Å²) in [7, 11) is 0. The first-order valence-corrected chi connectivity index (χ1v) is 8.06. The van der Waals surface area contributed by atoms with Crippen molar-refractivity contribution in [2.75, 3.05) is 0 Å². The highest BCUT2D eigenvalue weighted by atomic mass is 15.1. The van der Waals surface area contributed by atoms with Gasteiger partial charge in [0.2, 0.25) is 0 Å². The summed E-state index contributed by atoms with van der Waals surface area (Å²) in [5.74, 6) is 1.91.